The number of rotatable bonds is 6. The van der Waals surface area contributed by atoms with E-state index in [4.69, 9.17) is 0 Å². The Morgan fingerprint density at radius 3 is 2.43 bits per heavy atom. The molecule has 0 fully saturated rings. The number of hydrogen-bond donors (Lipinski definition) is 2. The molecule has 0 aromatic carbocycles. The maximum Gasteiger partial charge on any atom is 0.320 e. The Kier molecular flexibility index (Phi) is 5.50. The summed E-state index contributed by atoms with van der Waals surface area (Å²) in [5.41, 5.74) is 0.874. The molecule has 0 saturated carbocycles. The number of aliphatic carboxylic acids is 1. The molecule has 1 aromatic heterocycles. The molecule has 0 aliphatic heterocycles. The Morgan fingerprint density at radius 2 is 1.95 bits per heavy atom. The summed E-state index contributed by atoms with van der Waals surface area (Å²) in [6.07, 6.45) is 3.24. The second-order valence-electron chi connectivity index (χ2n) is 7.78. The van der Waals surface area contributed by atoms with Gasteiger partial charge in [0.05, 0.1) is 5.69 Å². The summed E-state index contributed by atoms with van der Waals surface area (Å²) in [4.78, 5) is 11.3. The van der Waals surface area contributed by atoms with Gasteiger partial charge in [-0.2, -0.15) is 0 Å². The first kappa shape index (κ1) is 17.6. The number of aryl methyl sites for hydroxylation is 1. The van der Waals surface area contributed by atoms with Crippen molar-refractivity contribution < 1.29 is 9.90 Å². The van der Waals surface area contributed by atoms with Gasteiger partial charge < -0.3 is 5.11 Å². The normalized spacial score (nSPS) is 14.2. The van der Waals surface area contributed by atoms with Gasteiger partial charge in [0.2, 0.25) is 0 Å². The molecular formula is C15H28N4O2. The molecule has 21 heavy (non-hydrogen) atoms. The highest BCUT2D eigenvalue weighted by Crippen LogP contribution is 2.18. The summed E-state index contributed by atoms with van der Waals surface area (Å²) >= 11 is 0. The molecule has 0 saturated heterocycles. The van der Waals surface area contributed by atoms with Crippen LogP contribution in [0.5, 0.6) is 0 Å². The maximum atomic E-state index is 11.3. The Labute approximate surface area is 126 Å². The van der Waals surface area contributed by atoms with E-state index in [1.54, 1.807) is 4.68 Å². The standard InChI is InChI=1S/C15H28N4O2/c1-14(2,3)9-11-10-19(18-17-11)8-7-12(13(20)21)16-15(4,5)6/h10,12,16H,7-9H2,1-6H3,(H,20,21). The van der Waals surface area contributed by atoms with Gasteiger partial charge in [0.1, 0.15) is 6.04 Å². The Bertz CT molecular complexity index is 469. The molecule has 6 nitrogen and oxygen atoms in total. The maximum absolute atomic E-state index is 11.3. The monoisotopic (exact) mass is 296 g/mol. The van der Waals surface area contributed by atoms with Crippen LogP contribution < -0.4 is 5.32 Å². The lowest BCUT2D eigenvalue weighted by atomic mass is 9.91. The van der Waals surface area contributed by atoms with E-state index in [-0.39, 0.29) is 11.0 Å². The third-order valence-electron chi connectivity index (χ3n) is 2.85. The van der Waals surface area contributed by atoms with E-state index in [0.717, 1.165) is 12.1 Å². The largest absolute Gasteiger partial charge is 0.480 e. The molecule has 0 aliphatic rings. The number of carboxylic acids is 1. The number of carbonyl (C=O) groups is 1. The fraction of sp³-hybridized carbons (Fsp3) is 0.800. The minimum atomic E-state index is -0.833. The van der Waals surface area contributed by atoms with Crippen molar-refractivity contribution in [1.82, 2.24) is 20.3 Å². The molecule has 0 spiro atoms. The number of hydrogen-bond acceptors (Lipinski definition) is 4. The third kappa shape index (κ3) is 7.22. The molecule has 0 bridgehead atoms. The smallest absolute Gasteiger partial charge is 0.320 e. The molecule has 1 heterocycles. The van der Waals surface area contributed by atoms with E-state index in [1.165, 1.54) is 0 Å². The first-order valence-corrected chi connectivity index (χ1v) is 7.36. The van der Waals surface area contributed by atoms with Gasteiger partial charge in [0.15, 0.2) is 0 Å². The van der Waals surface area contributed by atoms with E-state index >= 15 is 0 Å². The fourth-order valence-corrected chi connectivity index (χ4v) is 2.11. The zero-order chi connectivity index (χ0) is 16.3. The van der Waals surface area contributed by atoms with Crippen molar-refractivity contribution in [3.05, 3.63) is 11.9 Å². The molecule has 0 amide bonds. The first-order valence-electron chi connectivity index (χ1n) is 7.36. The van der Waals surface area contributed by atoms with Crippen molar-refractivity contribution in [2.75, 3.05) is 0 Å². The fourth-order valence-electron chi connectivity index (χ4n) is 2.11. The second-order valence-corrected chi connectivity index (χ2v) is 7.78. The van der Waals surface area contributed by atoms with Crippen molar-refractivity contribution in [3.8, 4) is 0 Å². The van der Waals surface area contributed by atoms with Gasteiger partial charge in [-0.15, -0.1) is 5.10 Å². The molecule has 120 valence electrons. The van der Waals surface area contributed by atoms with Crippen LogP contribution in [0, 0.1) is 5.41 Å². The predicted molar refractivity (Wildman–Crippen MR) is 82.1 cm³/mol. The van der Waals surface area contributed by atoms with E-state index in [2.05, 4.69) is 36.4 Å². The first-order chi connectivity index (χ1) is 9.46. The molecule has 1 atom stereocenters. The summed E-state index contributed by atoms with van der Waals surface area (Å²) in [5.74, 6) is -0.833. The molecule has 2 N–H and O–H groups in total. The van der Waals surface area contributed by atoms with Crippen LogP contribution in [0.4, 0.5) is 0 Å². The van der Waals surface area contributed by atoms with Crippen LogP contribution in [-0.2, 0) is 17.8 Å². The van der Waals surface area contributed by atoms with Crippen LogP contribution in [0.25, 0.3) is 0 Å². The van der Waals surface area contributed by atoms with E-state index in [0.29, 0.717) is 13.0 Å². The number of nitrogens with one attached hydrogen (secondary N) is 1. The number of aromatic nitrogens is 3. The number of carboxylic acid groups (broad SMARTS) is 1. The van der Waals surface area contributed by atoms with Crippen molar-refractivity contribution in [1.29, 1.82) is 0 Å². The van der Waals surface area contributed by atoms with Gasteiger partial charge in [-0.1, -0.05) is 26.0 Å². The van der Waals surface area contributed by atoms with Gasteiger partial charge in [0.25, 0.3) is 0 Å². The molecule has 1 unspecified atom stereocenters. The van der Waals surface area contributed by atoms with Crippen LogP contribution in [0.15, 0.2) is 6.20 Å². The van der Waals surface area contributed by atoms with Crippen molar-refractivity contribution in [3.63, 3.8) is 0 Å². The molecule has 0 aliphatic carbocycles. The summed E-state index contributed by atoms with van der Waals surface area (Å²) in [7, 11) is 0. The predicted octanol–water partition coefficient (Wildman–Crippen LogP) is 2.10. The van der Waals surface area contributed by atoms with Gasteiger partial charge in [0, 0.05) is 18.3 Å². The lowest BCUT2D eigenvalue weighted by molar-refractivity contribution is -0.140. The summed E-state index contributed by atoms with van der Waals surface area (Å²) in [6.45, 7) is 12.9. The van der Waals surface area contributed by atoms with Crippen molar-refractivity contribution >= 4 is 5.97 Å². The van der Waals surface area contributed by atoms with Crippen LogP contribution in [-0.4, -0.2) is 37.7 Å². The zero-order valence-electron chi connectivity index (χ0n) is 14.0. The van der Waals surface area contributed by atoms with E-state index in [9.17, 15) is 9.90 Å². The zero-order valence-corrected chi connectivity index (χ0v) is 14.0. The van der Waals surface area contributed by atoms with E-state index in [1.807, 2.05) is 27.0 Å². The van der Waals surface area contributed by atoms with Crippen molar-refractivity contribution in [2.45, 2.75) is 72.5 Å². The van der Waals surface area contributed by atoms with Gasteiger partial charge >= 0.3 is 5.97 Å². The Balaban J connectivity index is 2.59. The van der Waals surface area contributed by atoms with Gasteiger partial charge in [-0.25, -0.2) is 0 Å². The molecule has 0 radical (unpaired) electrons. The van der Waals surface area contributed by atoms with Crippen LogP contribution in [0.2, 0.25) is 0 Å². The lowest BCUT2D eigenvalue weighted by Gasteiger charge is -2.25. The highest BCUT2D eigenvalue weighted by Gasteiger charge is 2.23. The van der Waals surface area contributed by atoms with Gasteiger partial charge in [-0.3, -0.25) is 14.8 Å². The third-order valence-corrected chi connectivity index (χ3v) is 2.85. The van der Waals surface area contributed by atoms with Crippen LogP contribution in [0.3, 0.4) is 0 Å². The molecule has 1 aromatic rings. The quantitative estimate of drug-likeness (QED) is 0.840. The average molecular weight is 296 g/mol. The highest BCUT2D eigenvalue weighted by atomic mass is 16.4. The number of nitrogens with zero attached hydrogens (tertiary/aromatic N) is 3. The minimum Gasteiger partial charge on any atom is -0.480 e. The van der Waals surface area contributed by atoms with E-state index < -0.39 is 12.0 Å². The topological polar surface area (TPSA) is 80.0 Å². The SMILES string of the molecule is CC(C)(C)Cc1cn(CCC(NC(C)(C)C)C(=O)O)nn1. The second kappa shape index (κ2) is 6.56. The Hall–Kier alpha value is -1.43. The summed E-state index contributed by atoms with van der Waals surface area (Å²) in [5, 5.41) is 20.6. The summed E-state index contributed by atoms with van der Waals surface area (Å²) < 4.78 is 1.72. The van der Waals surface area contributed by atoms with Gasteiger partial charge in [-0.05, 0) is 39.0 Å². The average Bonchev–Trinajstić information content (AvgIpc) is 2.67. The Morgan fingerprint density at radius 1 is 1.33 bits per heavy atom. The molecule has 6 heteroatoms. The lowest BCUT2D eigenvalue weighted by Crippen LogP contribution is -2.48. The van der Waals surface area contributed by atoms with Crippen LogP contribution in [0.1, 0.15) is 53.7 Å². The molecular weight excluding hydrogens is 268 g/mol. The summed E-state index contributed by atoms with van der Waals surface area (Å²) in [6, 6.07) is -0.583. The highest BCUT2D eigenvalue weighted by molar-refractivity contribution is 5.73. The molecule has 1 rings (SSSR count). The minimum absolute atomic E-state index is 0.165. The van der Waals surface area contributed by atoms with Crippen LogP contribution >= 0.6 is 0 Å². The van der Waals surface area contributed by atoms with Crippen molar-refractivity contribution in [2.24, 2.45) is 5.41 Å².